The number of unbranched alkanes of at least 4 members (excludes halogenated alkanes) is 3. The van der Waals surface area contributed by atoms with Crippen LogP contribution in [0, 0.1) is 0 Å². The predicted octanol–water partition coefficient (Wildman–Crippen LogP) is 4.78. The van der Waals surface area contributed by atoms with E-state index in [1.165, 1.54) is 42.0 Å². The molecule has 0 aliphatic rings. The number of hydrogen-bond donors (Lipinski definition) is 4. The van der Waals surface area contributed by atoms with Gasteiger partial charge in [-0.2, -0.15) is 0 Å². The van der Waals surface area contributed by atoms with Gasteiger partial charge in [-0.3, -0.25) is 0 Å². The minimum absolute atomic E-state index is 0.0433. The molecule has 3 aromatic carbocycles. The molecule has 4 N–H and O–H groups in total. The van der Waals surface area contributed by atoms with Crippen LogP contribution in [0.2, 0.25) is 0 Å². The Labute approximate surface area is 180 Å². The molecule has 0 amide bonds. The highest BCUT2D eigenvalue weighted by Gasteiger charge is 2.01. The Morgan fingerprint density at radius 2 is 1.30 bits per heavy atom. The second kappa shape index (κ2) is 12.2. The molecular formula is C26H34N2O2. The van der Waals surface area contributed by atoms with Gasteiger partial charge in [0.1, 0.15) is 0 Å². The molecule has 0 unspecified atom stereocenters. The molecular weight excluding hydrogens is 372 g/mol. The van der Waals surface area contributed by atoms with Gasteiger partial charge in [0.05, 0.1) is 0 Å². The average Bonchev–Trinajstić information content (AvgIpc) is 2.77. The number of fused-ring (bicyclic) bond motifs is 1. The van der Waals surface area contributed by atoms with Gasteiger partial charge in [-0.05, 0) is 85.9 Å². The van der Waals surface area contributed by atoms with Gasteiger partial charge in [0.15, 0.2) is 11.5 Å². The molecule has 0 aliphatic heterocycles. The monoisotopic (exact) mass is 406 g/mol. The predicted molar refractivity (Wildman–Crippen MR) is 125 cm³/mol. The molecule has 0 spiro atoms. The summed E-state index contributed by atoms with van der Waals surface area (Å²) in [5.41, 5.74) is 2.46. The van der Waals surface area contributed by atoms with Gasteiger partial charge < -0.3 is 20.8 Å². The Hall–Kier alpha value is -2.56. The fourth-order valence-corrected chi connectivity index (χ4v) is 3.79. The standard InChI is InChI=1S/C26H34N2O2/c29-25-13-12-21(20-26(25)30)14-18-27-16-5-1-2-6-17-28-19-15-23-10-7-9-22-8-3-4-11-24(22)23/h3-4,7-13,20,27-30H,1-2,5-6,14-19H2. The molecule has 0 saturated carbocycles. The highest BCUT2D eigenvalue weighted by Crippen LogP contribution is 2.24. The van der Waals surface area contributed by atoms with E-state index in [4.69, 9.17) is 0 Å². The van der Waals surface area contributed by atoms with Crippen LogP contribution in [0.5, 0.6) is 11.5 Å². The molecule has 0 heterocycles. The molecule has 160 valence electrons. The molecule has 4 nitrogen and oxygen atoms in total. The summed E-state index contributed by atoms with van der Waals surface area (Å²) in [7, 11) is 0. The molecule has 0 atom stereocenters. The molecule has 30 heavy (non-hydrogen) atoms. The fraction of sp³-hybridized carbons (Fsp3) is 0.385. The van der Waals surface area contributed by atoms with Crippen LogP contribution >= 0.6 is 0 Å². The van der Waals surface area contributed by atoms with E-state index in [1.54, 1.807) is 12.1 Å². The van der Waals surface area contributed by atoms with E-state index in [9.17, 15) is 10.2 Å². The molecule has 3 rings (SSSR count). The number of nitrogens with one attached hydrogen (secondary N) is 2. The maximum Gasteiger partial charge on any atom is 0.157 e. The Balaban J connectivity index is 1.17. The zero-order chi connectivity index (χ0) is 21.0. The van der Waals surface area contributed by atoms with Gasteiger partial charge in [0.25, 0.3) is 0 Å². The zero-order valence-corrected chi connectivity index (χ0v) is 17.7. The van der Waals surface area contributed by atoms with Crippen molar-refractivity contribution in [3.63, 3.8) is 0 Å². The molecule has 0 saturated heterocycles. The number of phenols is 2. The van der Waals surface area contributed by atoms with Crippen molar-refractivity contribution in [2.75, 3.05) is 26.2 Å². The Bertz CT molecular complexity index is 905. The van der Waals surface area contributed by atoms with Crippen molar-refractivity contribution < 1.29 is 10.2 Å². The number of hydrogen-bond acceptors (Lipinski definition) is 4. The summed E-state index contributed by atoms with van der Waals surface area (Å²) in [6, 6.07) is 20.2. The molecule has 3 aromatic rings. The van der Waals surface area contributed by atoms with Crippen molar-refractivity contribution in [2.24, 2.45) is 0 Å². The van der Waals surface area contributed by atoms with E-state index in [1.807, 2.05) is 6.07 Å². The number of benzene rings is 3. The first kappa shape index (κ1) is 22.1. The van der Waals surface area contributed by atoms with E-state index < -0.39 is 0 Å². The maximum atomic E-state index is 9.50. The molecule has 4 heteroatoms. The Morgan fingerprint density at radius 1 is 0.600 bits per heavy atom. The van der Waals surface area contributed by atoms with Crippen LogP contribution in [-0.2, 0) is 12.8 Å². The minimum Gasteiger partial charge on any atom is -0.504 e. The lowest BCUT2D eigenvalue weighted by atomic mass is 10.0. The molecule has 0 aromatic heterocycles. The quantitative estimate of drug-likeness (QED) is 0.244. The van der Waals surface area contributed by atoms with Crippen LogP contribution in [0.25, 0.3) is 10.8 Å². The maximum absolute atomic E-state index is 9.50. The first-order valence-electron chi connectivity index (χ1n) is 11.1. The van der Waals surface area contributed by atoms with Crippen LogP contribution in [-0.4, -0.2) is 36.4 Å². The van der Waals surface area contributed by atoms with Crippen molar-refractivity contribution in [2.45, 2.75) is 38.5 Å². The Morgan fingerprint density at radius 3 is 2.07 bits per heavy atom. The molecule has 0 fully saturated rings. The Kier molecular flexibility index (Phi) is 9.01. The normalized spacial score (nSPS) is 11.2. The first-order valence-corrected chi connectivity index (χ1v) is 11.1. The summed E-state index contributed by atoms with van der Waals surface area (Å²) in [5, 5.41) is 28.6. The van der Waals surface area contributed by atoms with E-state index >= 15 is 0 Å². The number of rotatable bonds is 13. The largest absolute Gasteiger partial charge is 0.504 e. The average molecular weight is 407 g/mol. The van der Waals surface area contributed by atoms with E-state index in [2.05, 4.69) is 53.1 Å². The minimum atomic E-state index is -0.0604. The first-order chi connectivity index (χ1) is 14.7. The highest BCUT2D eigenvalue weighted by molar-refractivity contribution is 5.85. The summed E-state index contributed by atoms with van der Waals surface area (Å²) in [5.74, 6) is -0.104. The fourth-order valence-electron chi connectivity index (χ4n) is 3.79. The van der Waals surface area contributed by atoms with Crippen LogP contribution in [0.1, 0.15) is 36.8 Å². The number of aromatic hydroxyl groups is 2. The third-order valence-corrected chi connectivity index (χ3v) is 5.54. The summed E-state index contributed by atoms with van der Waals surface area (Å²) in [6.07, 6.45) is 6.85. The van der Waals surface area contributed by atoms with Gasteiger partial charge in [-0.15, -0.1) is 0 Å². The third-order valence-electron chi connectivity index (χ3n) is 5.54. The van der Waals surface area contributed by atoms with Gasteiger partial charge in [-0.25, -0.2) is 0 Å². The third kappa shape index (κ3) is 7.05. The SMILES string of the molecule is Oc1ccc(CCNCCCCCCNCCc2cccc3ccccc23)cc1O. The van der Waals surface area contributed by atoms with Crippen molar-refractivity contribution in [3.8, 4) is 11.5 Å². The van der Waals surface area contributed by atoms with Crippen molar-refractivity contribution in [1.29, 1.82) is 0 Å². The van der Waals surface area contributed by atoms with Crippen molar-refractivity contribution in [1.82, 2.24) is 10.6 Å². The molecule has 0 aliphatic carbocycles. The van der Waals surface area contributed by atoms with E-state index in [0.29, 0.717) is 0 Å². The summed E-state index contributed by atoms with van der Waals surface area (Å²) in [6.45, 7) is 4.03. The zero-order valence-electron chi connectivity index (χ0n) is 17.7. The topological polar surface area (TPSA) is 64.5 Å². The lowest BCUT2D eigenvalue weighted by Crippen LogP contribution is -2.19. The van der Waals surface area contributed by atoms with Crippen LogP contribution in [0.3, 0.4) is 0 Å². The lowest BCUT2D eigenvalue weighted by Gasteiger charge is -2.08. The lowest BCUT2D eigenvalue weighted by molar-refractivity contribution is 0.403. The van der Waals surface area contributed by atoms with Gasteiger partial charge in [0, 0.05) is 0 Å². The van der Waals surface area contributed by atoms with Crippen LogP contribution in [0.15, 0.2) is 60.7 Å². The van der Waals surface area contributed by atoms with Crippen molar-refractivity contribution in [3.05, 3.63) is 71.8 Å². The number of phenolic OH excluding ortho intramolecular Hbond substituents is 2. The second-order valence-electron chi connectivity index (χ2n) is 7.88. The van der Waals surface area contributed by atoms with Gasteiger partial charge in [0.2, 0.25) is 0 Å². The van der Waals surface area contributed by atoms with Crippen LogP contribution in [0.4, 0.5) is 0 Å². The molecule has 0 bridgehead atoms. The molecule has 0 radical (unpaired) electrons. The van der Waals surface area contributed by atoms with Gasteiger partial charge >= 0.3 is 0 Å². The van der Waals surface area contributed by atoms with E-state index in [0.717, 1.165) is 44.6 Å². The highest BCUT2D eigenvalue weighted by atomic mass is 16.3. The van der Waals surface area contributed by atoms with E-state index in [-0.39, 0.29) is 11.5 Å². The van der Waals surface area contributed by atoms with Crippen molar-refractivity contribution >= 4 is 10.8 Å². The van der Waals surface area contributed by atoms with Gasteiger partial charge in [-0.1, -0.05) is 61.4 Å². The summed E-state index contributed by atoms with van der Waals surface area (Å²) in [4.78, 5) is 0. The van der Waals surface area contributed by atoms with Crippen LogP contribution < -0.4 is 10.6 Å². The second-order valence-corrected chi connectivity index (χ2v) is 7.88. The smallest absolute Gasteiger partial charge is 0.157 e. The summed E-state index contributed by atoms with van der Waals surface area (Å²) >= 11 is 0. The summed E-state index contributed by atoms with van der Waals surface area (Å²) < 4.78 is 0.